The maximum absolute atomic E-state index is 13.0. The first kappa shape index (κ1) is 13.0. The Kier molecular flexibility index (Phi) is 3.93. The molecule has 0 amide bonds. The van der Waals surface area contributed by atoms with Gasteiger partial charge in [-0.1, -0.05) is 11.8 Å². The molecule has 5 heteroatoms. The molecule has 1 nitrogen and oxygen atoms in total. The molecule has 0 spiro atoms. The van der Waals surface area contributed by atoms with E-state index >= 15 is 0 Å². The summed E-state index contributed by atoms with van der Waals surface area (Å²) in [6.07, 6.45) is 0. The third-order valence-corrected chi connectivity index (χ3v) is 3.42. The van der Waals surface area contributed by atoms with Gasteiger partial charge in [-0.2, -0.15) is 0 Å². The Labute approximate surface area is 106 Å². The first-order valence-electron chi connectivity index (χ1n) is 5.12. The van der Waals surface area contributed by atoms with Gasteiger partial charge in [-0.15, -0.1) is 0 Å². The Hall–Kier alpha value is -1.46. The molecule has 2 aromatic rings. The third-order valence-electron chi connectivity index (χ3n) is 2.31. The number of aliphatic hydroxyl groups excluding tert-OH is 1. The van der Waals surface area contributed by atoms with Crippen LogP contribution in [0.5, 0.6) is 0 Å². The van der Waals surface area contributed by atoms with Crippen molar-refractivity contribution in [2.75, 3.05) is 0 Å². The van der Waals surface area contributed by atoms with Crippen molar-refractivity contribution in [3.63, 3.8) is 0 Å². The Bertz CT molecular complexity index is 572. The first-order chi connectivity index (χ1) is 8.60. The summed E-state index contributed by atoms with van der Waals surface area (Å²) in [7, 11) is 0. The summed E-state index contributed by atoms with van der Waals surface area (Å²) in [6, 6.07) is 7.47. The van der Waals surface area contributed by atoms with Crippen LogP contribution in [0.25, 0.3) is 0 Å². The molecule has 0 unspecified atom stereocenters. The van der Waals surface area contributed by atoms with Crippen molar-refractivity contribution in [2.45, 2.75) is 16.4 Å². The van der Waals surface area contributed by atoms with Gasteiger partial charge in [0.1, 0.15) is 5.82 Å². The van der Waals surface area contributed by atoms with Crippen LogP contribution in [0.4, 0.5) is 13.2 Å². The van der Waals surface area contributed by atoms with Gasteiger partial charge in [0, 0.05) is 9.79 Å². The van der Waals surface area contributed by atoms with Gasteiger partial charge in [0.25, 0.3) is 0 Å². The highest BCUT2D eigenvalue weighted by Gasteiger charge is 2.08. The van der Waals surface area contributed by atoms with Crippen molar-refractivity contribution in [3.8, 4) is 0 Å². The molecular weight excluding hydrogens is 261 g/mol. The fourth-order valence-electron chi connectivity index (χ4n) is 1.44. The van der Waals surface area contributed by atoms with E-state index in [2.05, 4.69) is 0 Å². The Morgan fingerprint density at radius 3 is 2.39 bits per heavy atom. The van der Waals surface area contributed by atoms with Crippen molar-refractivity contribution in [3.05, 3.63) is 59.4 Å². The second-order valence-corrected chi connectivity index (χ2v) is 4.70. The van der Waals surface area contributed by atoms with E-state index in [1.807, 2.05) is 0 Å². The highest BCUT2D eigenvalue weighted by atomic mass is 32.2. The van der Waals surface area contributed by atoms with E-state index in [4.69, 9.17) is 5.11 Å². The molecule has 0 radical (unpaired) electrons. The van der Waals surface area contributed by atoms with Crippen molar-refractivity contribution in [1.82, 2.24) is 0 Å². The molecule has 0 atom stereocenters. The van der Waals surface area contributed by atoms with Crippen molar-refractivity contribution >= 4 is 11.8 Å². The lowest BCUT2D eigenvalue weighted by atomic mass is 10.2. The van der Waals surface area contributed by atoms with Gasteiger partial charge in [-0.25, -0.2) is 13.2 Å². The monoisotopic (exact) mass is 270 g/mol. The number of aliphatic hydroxyl groups is 1. The number of hydrogen-bond acceptors (Lipinski definition) is 2. The molecule has 18 heavy (non-hydrogen) atoms. The van der Waals surface area contributed by atoms with E-state index < -0.39 is 17.5 Å². The SMILES string of the molecule is OCc1cc(F)ccc1Sc1ccc(F)c(F)c1. The zero-order valence-electron chi connectivity index (χ0n) is 9.16. The summed E-state index contributed by atoms with van der Waals surface area (Å²) in [5, 5.41) is 9.11. The van der Waals surface area contributed by atoms with Crippen molar-refractivity contribution < 1.29 is 18.3 Å². The first-order valence-corrected chi connectivity index (χ1v) is 5.94. The number of benzene rings is 2. The predicted octanol–water partition coefficient (Wildman–Crippen LogP) is 3.75. The summed E-state index contributed by atoms with van der Waals surface area (Å²) in [4.78, 5) is 1.08. The molecule has 2 rings (SSSR count). The zero-order chi connectivity index (χ0) is 13.1. The lowest BCUT2D eigenvalue weighted by Crippen LogP contribution is -1.90. The van der Waals surface area contributed by atoms with Crippen LogP contribution in [0.2, 0.25) is 0 Å². The maximum Gasteiger partial charge on any atom is 0.159 e. The summed E-state index contributed by atoms with van der Waals surface area (Å²) >= 11 is 1.14. The lowest BCUT2D eigenvalue weighted by Gasteiger charge is -2.07. The van der Waals surface area contributed by atoms with Gasteiger partial charge < -0.3 is 5.11 Å². The number of hydrogen-bond donors (Lipinski definition) is 1. The topological polar surface area (TPSA) is 20.2 Å². The quantitative estimate of drug-likeness (QED) is 0.916. The summed E-state index contributed by atoms with van der Waals surface area (Å²) < 4.78 is 38.8. The molecular formula is C13H9F3OS. The molecule has 0 aliphatic carbocycles. The van der Waals surface area contributed by atoms with Crippen LogP contribution in [0, 0.1) is 17.5 Å². The molecule has 0 fully saturated rings. The van der Waals surface area contributed by atoms with Crippen LogP contribution in [-0.4, -0.2) is 5.11 Å². The van der Waals surface area contributed by atoms with E-state index in [9.17, 15) is 13.2 Å². The molecule has 2 aromatic carbocycles. The number of rotatable bonds is 3. The smallest absolute Gasteiger partial charge is 0.159 e. The van der Waals surface area contributed by atoms with Gasteiger partial charge >= 0.3 is 0 Å². The van der Waals surface area contributed by atoms with Gasteiger partial charge in [0.2, 0.25) is 0 Å². The largest absolute Gasteiger partial charge is 0.392 e. The molecule has 1 N–H and O–H groups in total. The van der Waals surface area contributed by atoms with Gasteiger partial charge in [-0.3, -0.25) is 0 Å². The lowest BCUT2D eigenvalue weighted by molar-refractivity contribution is 0.278. The molecule has 94 valence electrons. The average molecular weight is 270 g/mol. The van der Waals surface area contributed by atoms with E-state index in [0.29, 0.717) is 15.4 Å². The maximum atomic E-state index is 13.0. The highest BCUT2D eigenvalue weighted by molar-refractivity contribution is 7.99. The van der Waals surface area contributed by atoms with Crippen LogP contribution in [-0.2, 0) is 6.61 Å². The van der Waals surface area contributed by atoms with E-state index in [1.165, 1.54) is 24.3 Å². The van der Waals surface area contributed by atoms with Crippen molar-refractivity contribution in [1.29, 1.82) is 0 Å². The molecule has 0 aliphatic rings. The minimum Gasteiger partial charge on any atom is -0.392 e. The van der Waals surface area contributed by atoms with E-state index in [-0.39, 0.29) is 6.61 Å². The van der Waals surface area contributed by atoms with E-state index in [0.717, 1.165) is 23.9 Å². The second kappa shape index (κ2) is 5.46. The fraction of sp³-hybridized carbons (Fsp3) is 0.0769. The summed E-state index contributed by atoms with van der Waals surface area (Å²) in [6.45, 7) is -0.316. The Balaban J connectivity index is 2.30. The molecule has 0 bridgehead atoms. The normalized spacial score (nSPS) is 10.7. The summed E-state index contributed by atoms with van der Waals surface area (Å²) in [5.41, 5.74) is 0.407. The Morgan fingerprint density at radius 2 is 1.72 bits per heavy atom. The predicted molar refractivity (Wildman–Crippen MR) is 62.8 cm³/mol. The Morgan fingerprint density at radius 1 is 0.944 bits per heavy atom. The molecule has 0 saturated heterocycles. The third kappa shape index (κ3) is 2.86. The van der Waals surface area contributed by atoms with E-state index in [1.54, 1.807) is 0 Å². The minimum absolute atomic E-state index is 0.316. The molecule has 0 saturated carbocycles. The van der Waals surface area contributed by atoms with Crippen LogP contribution in [0.3, 0.4) is 0 Å². The van der Waals surface area contributed by atoms with Gasteiger partial charge in [-0.05, 0) is 42.0 Å². The molecule has 0 heterocycles. The zero-order valence-corrected chi connectivity index (χ0v) is 9.98. The second-order valence-electron chi connectivity index (χ2n) is 3.59. The van der Waals surface area contributed by atoms with Gasteiger partial charge in [0.15, 0.2) is 11.6 Å². The van der Waals surface area contributed by atoms with Crippen molar-refractivity contribution in [2.24, 2.45) is 0 Å². The van der Waals surface area contributed by atoms with Crippen LogP contribution >= 0.6 is 11.8 Å². The fourth-order valence-corrected chi connectivity index (χ4v) is 2.38. The minimum atomic E-state index is -0.937. The molecule has 0 aromatic heterocycles. The van der Waals surface area contributed by atoms with Crippen LogP contribution in [0.1, 0.15) is 5.56 Å². The summed E-state index contributed by atoms with van der Waals surface area (Å²) in [5.74, 6) is -2.30. The average Bonchev–Trinajstić information content (AvgIpc) is 2.36. The van der Waals surface area contributed by atoms with Crippen LogP contribution in [0.15, 0.2) is 46.2 Å². The molecule has 0 aliphatic heterocycles. The van der Waals surface area contributed by atoms with Crippen LogP contribution < -0.4 is 0 Å². The highest BCUT2D eigenvalue weighted by Crippen LogP contribution is 2.31. The van der Waals surface area contributed by atoms with Gasteiger partial charge in [0.05, 0.1) is 6.61 Å². The number of halogens is 3. The standard InChI is InChI=1S/C13H9F3OS/c14-9-1-4-13(8(5-9)7-17)18-10-2-3-11(15)12(16)6-10/h1-6,17H,7H2.